The van der Waals surface area contributed by atoms with E-state index in [4.69, 9.17) is 14.5 Å². The zero-order valence-corrected chi connectivity index (χ0v) is 14.0. The van der Waals surface area contributed by atoms with Crippen molar-refractivity contribution in [3.8, 4) is 11.6 Å². The van der Waals surface area contributed by atoms with Gasteiger partial charge in [-0.15, -0.1) is 0 Å². The standard InChI is InChI=1S/C20H20N2O2/c1-14-3-8-19-15(11-14)12-16-13-22(9-10-24-20(16)21-19)17-4-6-18(23-2)7-5-17/h3-8,11-12H,9-10,13H2,1-2H3. The van der Waals surface area contributed by atoms with Crippen molar-refractivity contribution in [1.29, 1.82) is 0 Å². The topological polar surface area (TPSA) is 34.6 Å². The number of rotatable bonds is 2. The van der Waals surface area contributed by atoms with E-state index in [-0.39, 0.29) is 0 Å². The van der Waals surface area contributed by atoms with Gasteiger partial charge in [0.2, 0.25) is 5.88 Å². The van der Waals surface area contributed by atoms with Crippen LogP contribution in [-0.4, -0.2) is 25.2 Å². The molecule has 1 aromatic heterocycles. The molecule has 0 saturated heterocycles. The fourth-order valence-electron chi connectivity index (χ4n) is 3.11. The Balaban J connectivity index is 1.70. The van der Waals surface area contributed by atoms with E-state index in [9.17, 15) is 0 Å². The van der Waals surface area contributed by atoms with Gasteiger partial charge in [-0.2, -0.15) is 0 Å². The van der Waals surface area contributed by atoms with Crippen LogP contribution in [-0.2, 0) is 6.54 Å². The summed E-state index contributed by atoms with van der Waals surface area (Å²) < 4.78 is 11.1. The summed E-state index contributed by atoms with van der Waals surface area (Å²) in [4.78, 5) is 7.02. The third-order valence-corrected chi connectivity index (χ3v) is 4.41. The van der Waals surface area contributed by atoms with Crippen molar-refractivity contribution in [2.75, 3.05) is 25.2 Å². The Bertz CT molecular complexity index is 875. The molecule has 1 aliphatic rings. The van der Waals surface area contributed by atoms with Crippen molar-refractivity contribution >= 4 is 16.6 Å². The summed E-state index contributed by atoms with van der Waals surface area (Å²) in [5.41, 5.74) is 4.51. The lowest BCUT2D eigenvalue weighted by Crippen LogP contribution is -2.25. The summed E-state index contributed by atoms with van der Waals surface area (Å²) in [6, 6.07) is 16.7. The zero-order valence-electron chi connectivity index (χ0n) is 14.0. The van der Waals surface area contributed by atoms with E-state index < -0.39 is 0 Å². The molecule has 0 unspecified atom stereocenters. The molecule has 122 valence electrons. The fourth-order valence-corrected chi connectivity index (χ4v) is 3.11. The van der Waals surface area contributed by atoms with Crippen LogP contribution in [0.25, 0.3) is 10.9 Å². The first kappa shape index (κ1) is 14.8. The molecule has 0 aliphatic carbocycles. The van der Waals surface area contributed by atoms with Gasteiger partial charge in [-0.05, 0) is 49.4 Å². The van der Waals surface area contributed by atoms with Gasteiger partial charge in [0.1, 0.15) is 12.4 Å². The molecule has 0 N–H and O–H groups in total. The first-order chi connectivity index (χ1) is 11.7. The molecular weight excluding hydrogens is 300 g/mol. The average Bonchev–Trinajstić information content (AvgIpc) is 2.81. The predicted octanol–water partition coefficient (Wildman–Crippen LogP) is 3.95. The first-order valence-corrected chi connectivity index (χ1v) is 8.15. The number of nitrogens with zero attached hydrogens (tertiary/aromatic N) is 2. The molecule has 4 rings (SSSR count). The van der Waals surface area contributed by atoms with Gasteiger partial charge < -0.3 is 14.4 Å². The highest BCUT2D eigenvalue weighted by Gasteiger charge is 2.18. The van der Waals surface area contributed by atoms with Crippen LogP contribution < -0.4 is 14.4 Å². The lowest BCUT2D eigenvalue weighted by atomic mass is 10.1. The van der Waals surface area contributed by atoms with Crippen LogP contribution in [0.5, 0.6) is 11.6 Å². The fraction of sp³-hybridized carbons (Fsp3) is 0.250. The summed E-state index contributed by atoms with van der Waals surface area (Å²) in [6.07, 6.45) is 0. The number of aromatic nitrogens is 1. The number of hydrogen-bond donors (Lipinski definition) is 0. The van der Waals surface area contributed by atoms with Crippen LogP contribution in [0.1, 0.15) is 11.1 Å². The molecule has 0 fully saturated rings. The highest BCUT2D eigenvalue weighted by Crippen LogP contribution is 2.29. The van der Waals surface area contributed by atoms with Crippen LogP contribution in [0.15, 0.2) is 48.5 Å². The van der Waals surface area contributed by atoms with Crippen LogP contribution >= 0.6 is 0 Å². The second-order valence-electron chi connectivity index (χ2n) is 6.12. The van der Waals surface area contributed by atoms with E-state index in [1.54, 1.807) is 7.11 Å². The molecule has 0 amide bonds. The minimum absolute atomic E-state index is 0.628. The van der Waals surface area contributed by atoms with Crippen LogP contribution in [0.2, 0.25) is 0 Å². The number of ether oxygens (including phenoxy) is 2. The molecule has 0 atom stereocenters. The Hall–Kier alpha value is -2.75. The Labute approximate surface area is 141 Å². The quantitative estimate of drug-likeness (QED) is 0.716. The molecule has 24 heavy (non-hydrogen) atoms. The minimum Gasteiger partial charge on any atom is -0.497 e. The highest BCUT2D eigenvalue weighted by molar-refractivity contribution is 5.81. The van der Waals surface area contributed by atoms with E-state index in [1.807, 2.05) is 12.1 Å². The van der Waals surface area contributed by atoms with Crippen molar-refractivity contribution in [3.63, 3.8) is 0 Å². The number of aryl methyl sites for hydroxylation is 1. The van der Waals surface area contributed by atoms with Gasteiger partial charge in [0.25, 0.3) is 0 Å². The predicted molar refractivity (Wildman–Crippen MR) is 96.0 cm³/mol. The molecule has 1 aliphatic heterocycles. The van der Waals surface area contributed by atoms with E-state index in [0.717, 1.165) is 46.9 Å². The maximum atomic E-state index is 5.91. The molecule has 2 heterocycles. The monoisotopic (exact) mass is 320 g/mol. The third-order valence-electron chi connectivity index (χ3n) is 4.41. The van der Waals surface area contributed by atoms with Crippen LogP contribution in [0, 0.1) is 6.92 Å². The molecule has 2 aromatic carbocycles. The van der Waals surface area contributed by atoms with Gasteiger partial charge in [0, 0.05) is 23.2 Å². The van der Waals surface area contributed by atoms with Gasteiger partial charge in [-0.1, -0.05) is 11.6 Å². The second kappa shape index (κ2) is 6.04. The largest absolute Gasteiger partial charge is 0.497 e. The van der Waals surface area contributed by atoms with E-state index in [2.05, 4.69) is 48.2 Å². The molecule has 0 radical (unpaired) electrons. The van der Waals surface area contributed by atoms with Gasteiger partial charge >= 0.3 is 0 Å². The SMILES string of the molecule is COc1ccc(N2CCOc3nc4ccc(C)cc4cc3C2)cc1. The van der Waals surface area contributed by atoms with Crippen LogP contribution in [0.4, 0.5) is 5.69 Å². The van der Waals surface area contributed by atoms with Crippen molar-refractivity contribution < 1.29 is 9.47 Å². The number of anilines is 1. The number of fused-ring (bicyclic) bond motifs is 2. The molecule has 0 bridgehead atoms. The van der Waals surface area contributed by atoms with Gasteiger partial charge in [-0.3, -0.25) is 0 Å². The second-order valence-corrected chi connectivity index (χ2v) is 6.12. The number of methoxy groups -OCH3 is 1. The van der Waals surface area contributed by atoms with Crippen molar-refractivity contribution in [3.05, 3.63) is 59.7 Å². The summed E-state index contributed by atoms with van der Waals surface area (Å²) in [6.45, 7) is 4.35. The minimum atomic E-state index is 0.628. The van der Waals surface area contributed by atoms with E-state index in [0.29, 0.717) is 6.61 Å². The zero-order chi connectivity index (χ0) is 16.5. The molecule has 0 spiro atoms. The van der Waals surface area contributed by atoms with Crippen molar-refractivity contribution in [2.24, 2.45) is 0 Å². The highest BCUT2D eigenvalue weighted by atomic mass is 16.5. The lowest BCUT2D eigenvalue weighted by Gasteiger charge is -2.22. The molecule has 4 nitrogen and oxygen atoms in total. The number of pyridine rings is 1. The summed E-state index contributed by atoms with van der Waals surface area (Å²) in [5, 5.41) is 1.16. The normalized spacial score (nSPS) is 14.0. The number of benzene rings is 2. The van der Waals surface area contributed by atoms with E-state index >= 15 is 0 Å². The Kier molecular flexibility index (Phi) is 3.73. The molecular formula is C20H20N2O2. The van der Waals surface area contributed by atoms with Gasteiger partial charge in [-0.25, -0.2) is 4.98 Å². The first-order valence-electron chi connectivity index (χ1n) is 8.15. The molecule has 3 aromatic rings. The lowest BCUT2D eigenvalue weighted by molar-refractivity contribution is 0.320. The summed E-state index contributed by atoms with van der Waals surface area (Å²) >= 11 is 0. The smallest absolute Gasteiger partial charge is 0.219 e. The van der Waals surface area contributed by atoms with Gasteiger partial charge in [0.05, 0.1) is 19.2 Å². The summed E-state index contributed by atoms with van der Waals surface area (Å²) in [7, 11) is 1.68. The maximum Gasteiger partial charge on any atom is 0.219 e. The van der Waals surface area contributed by atoms with E-state index in [1.165, 1.54) is 5.56 Å². The Morgan fingerprint density at radius 1 is 1.08 bits per heavy atom. The van der Waals surface area contributed by atoms with Crippen molar-refractivity contribution in [1.82, 2.24) is 4.98 Å². The summed E-state index contributed by atoms with van der Waals surface area (Å²) in [5.74, 6) is 1.62. The molecule has 4 heteroatoms. The van der Waals surface area contributed by atoms with Gasteiger partial charge in [0.15, 0.2) is 0 Å². The third kappa shape index (κ3) is 2.75. The Morgan fingerprint density at radius 3 is 2.71 bits per heavy atom. The van der Waals surface area contributed by atoms with Crippen molar-refractivity contribution in [2.45, 2.75) is 13.5 Å². The number of hydrogen-bond acceptors (Lipinski definition) is 4. The average molecular weight is 320 g/mol. The maximum absolute atomic E-state index is 5.91. The Morgan fingerprint density at radius 2 is 1.92 bits per heavy atom. The van der Waals surface area contributed by atoms with Crippen LogP contribution in [0.3, 0.4) is 0 Å². The molecule has 0 saturated carbocycles.